The SMILES string of the molecule is CCc1ccccc1NC(=O)CN1CCC(C)CC1. The van der Waals surface area contributed by atoms with Gasteiger partial charge in [0.2, 0.25) is 5.91 Å². The summed E-state index contributed by atoms with van der Waals surface area (Å²) in [4.78, 5) is 14.3. The number of anilines is 1. The molecule has 104 valence electrons. The Morgan fingerprint density at radius 1 is 1.32 bits per heavy atom. The van der Waals surface area contributed by atoms with Crippen molar-refractivity contribution in [2.45, 2.75) is 33.1 Å². The van der Waals surface area contributed by atoms with E-state index < -0.39 is 0 Å². The van der Waals surface area contributed by atoms with Crippen LogP contribution < -0.4 is 5.32 Å². The van der Waals surface area contributed by atoms with Crippen molar-refractivity contribution < 1.29 is 4.79 Å². The summed E-state index contributed by atoms with van der Waals surface area (Å²) < 4.78 is 0. The molecule has 1 fully saturated rings. The van der Waals surface area contributed by atoms with E-state index in [4.69, 9.17) is 0 Å². The number of aryl methyl sites for hydroxylation is 1. The number of carbonyl (C=O) groups excluding carboxylic acids is 1. The van der Waals surface area contributed by atoms with E-state index in [9.17, 15) is 4.79 Å². The van der Waals surface area contributed by atoms with Crippen molar-refractivity contribution >= 4 is 11.6 Å². The number of rotatable bonds is 4. The molecule has 1 heterocycles. The van der Waals surface area contributed by atoms with Crippen LogP contribution in [0.5, 0.6) is 0 Å². The number of amides is 1. The van der Waals surface area contributed by atoms with Crippen LogP contribution in [0.15, 0.2) is 24.3 Å². The van der Waals surface area contributed by atoms with Crippen LogP contribution in [-0.4, -0.2) is 30.4 Å². The molecule has 1 aliphatic heterocycles. The first-order valence-corrected chi connectivity index (χ1v) is 7.29. The topological polar surface area (TPSA) is 32.3 Å². The Hall–Kier alpha value is -1.35. The molecule has 1 saturated heterocycles. The fraction of sp³-hybridized carbons (Fsp3) is 0.562. The van der Waals surface area contributed by atoms with Gasteiger partial charge in [-0.3, -0.25) is 9.69 Å². The minimum Gasteiger partial charge on any atom is -0.325 e. The summed E-state index contributed by atoms with van der Waals surface area (Å²) in [6, 6.07) is 8.03. The summed E-state index contributed by atoms with van der Waals surface area (Å²) in [6.07, 6.45) is 3.36. The lowest BCUT2D eigenvalue weighted by atomic mass is 9.99. The van der Waals surface area contributed by atoms with Crippen molar-refractivity contribution in [2.75, 3.05) is 25.0 Å². The number of para-hydroxylation sites is 1. The number of hydrogen-bond acceptors (Lipinski definition) is 2. The first kappa shape index (κ1) is 14.1. The quantitative estimate of drug-likeness (QED) is 0.902. The van der Waals surface area contributed by atoms with Gasteiger partial charge < -0.3 is 5.32 Å². The number of benzene rings is 1. The molecule has 1 N–H and O–H groups in total. The Morgan fingerprint density at radius 3 is 2.68 bits per heavy atom. The lowest BCUT2D eigenvalue weighted by Crippen LogP contribution is -2.38. The van der Waals surface area contributed by atoms with Crippen LogP contribution in [0.4, 0.5) is 5.69 Å². The Morgan fingerprint density at radius 2 is 2.00 bits per heavy atom. The second-order valence-electron chi connectivity index (χ2n) is 5.52. The van der Waals surface area contributed by atoms with Gasteiger partial charge in [0.15, 0.2) is 0 Å². The normalized spacial score (nSPS) is 17.4. The molecule has 0 radical (unpaired) electrons. The number of hydrogen-bond donors (Lipinski definition) is 1. The summed E-state index contributed by atoms with van der Waals surface area (Å²) in [5.74, 6) is 0.913. The zero-order valence-electron chi connectivity index (χ0n) is 12.0. The summed E-state index contributed by atoms with van der Waals surface area (Å²) in [5.41, 5.74) is 2.16. The number of piperidine rings is 1. The molecule has 1 aliphatic rings. The fourth-order valence-electron chi connectivity index (χ4n) is 2.56. The molecular weight excluding hydrogens is 236 g/mol. The summed E-state index contributed by atoms with van der Waals surface area (Å²) in [6.45, 7) is 7.00. The van der Waals surface area contributed by atoms with Gasteiger partial charge in [-0.25, -0.2) is 0 Å². The molecular formula is C16H24N2O. The summed E-state index contributed by atoms with van der Waals surface area (Å²) in [7, 11) is 0. The minimum absolute atomic E-state index is 0.107. The molecule has 2 rings (SSSR count). The van der Waals surface area contributed by atoms with Crippen molar-refractivity contribution in [2.24, 2.45) is 5.92 Å². The maximum atomic E-state index is 12.1. The molecule has 0 spiro atoms. The van der Waals surface area contributed by atoms with Gasteiger partial charge in [0.1, 0.15) is 0 Å². The van der Waals surface area contributed by atoms with E-state index in [1.54, 1.807) is 0 Å². The molecule has 1 aromatic carbocycles. The zero-order chi connectivity index (χ0) is 13.7. The molecule has 0 aromatic heterocycles. The summed E-state index contributed by atoms with van der Waals surface area (Å²) in [5, 5.41) is 3.04. The predicted octanol–water partition coefficient (Wildman–Crippen LogP) is 2.92. The maximum absolute atomic E-state index is 12.1. The van der Waals surface area contributed by atoms with Crippen molar-refractivity contribution in [3.63, 3.8) is 0 Å². The van der Waals surface area contributed by atoms with E-state index in [0.717, 1.165) is 31.1 Å². The molecule has 0 atom stereocenters. The number of nitrogens with one attached hydrogen (secondary N) is 1. The highest BCUT2D eigenvalue weighted by Crippen LogP contribution is 2.17. The van der Waals surface area contributed by atoms with Crippen LogP contribution in [0.3, 0.4) is 0 Å². The largest absolute Gasteiger partial charge is 0.325 e. The average molecular weight is 260 g/mol. The van der Waals surface area contributed by atoms with Gasteiger partial charge in [-0.15, -0.1) is 0 Å². The molecule has 1 amide bonds. The molecule has 0 aliphatic carbocycles. The van der Waals surface area contributed by atoms with Gasteiger partial charge >= 0.3 is 0 Å². The van der Waals surface area contributed by atoms with Crippen molar-refractivity contribution in [1.29, 1.82) is 0 Å². The highest BCUT2D eigenvalue weighted by atomic mass is 16.2. The van der Waals surface area contributed by atoms with Gasteiger partial charge in [0.05, 0.1) is 6.54 Å². The maximum Gasteiger partial charge on any atom is 0.238 e. The average Bonchev–Trinajstić information content (AvgIpc) is 2.42. The van der Waals surface area contributed by atoms with E-state index >= 15 is 0 Å². The molecule has 0 saturated carbocycles. The molecule has 0 unspecified atom stereocenters. The monoisotopic (exact) mass is 260 g/mol. The standard InChI is InChI=1S/C16H24N2O/c1-3-14-6-4-5-7-15(14)17-16(19)12-18-10-8-13(2)9-11-18/h4-7,13H,3,8-12H2,1-2H3,(H,17,19). The van der Waals surface area contributed by atoms with E-state index in [-0.39, 0.29) is 5.91 Å². The first-order chi connectivity index (χ1) is 9.19. The predicted molar refractivity (Wildman–Crippen MR) is 79.3 cm³/mol. The number of carbonyl (C=O) groups is 1. The Kier molecular flexibility index (Phi) is 4.97. The third-order valence-electron chi connectivity index (χ3n) is 3.92. The minimum atomic E-state index is 0.107. The Labute approximate surface area is 116 Å². The highest BCUT2D eigenvalue weighted by molar-refractivity contribution is 5.93. The van der Waals surface area contributed by atoms with Gasteiger partial charge in [-0.1, -0.05) is 32.0 Å². The van der Waals surface area contributed by atoms with Crippen LogP contribution in [0.2, 0.25) is 0 Å². The third kappa shape index (κ3) is 4.06. The summed E-state index contributed by atoms with van der Waals surface area (Å²) >= 11 is 0. The fourth-order valence-corrected chi connectivity index (χ4v) is 2.56. The lowest BCUT2D eigenvalue weighted by Gasteiger charge is -2.29. The van der Waals surface area contributed by atoms with Crippen LogP contribution >= 0.6 is 0 Å². The second-order valence-corrected chi connectivity index (χ2v) is 5.52. The first-order valence-electron chi connectivity index (χ1n) is 7.29. The van der Waals surface area contributed by atoms with Crippen molar-refractivity contribution in [1.82, 2.24) is 4.90 Å². The Bertz CT molecular complexity index is 423. The number of likely N-dealkylation sites (tertiary alicyclic amines) is 1. The van der Waals surface area contributed by atoms with E-state index in [1.165, 1.54) is 18.4 Å². The molecule has 0 bridgehead atoms. The zero-order valence-corrected chi connectivity index (χ0v) is 12.0. The van der Waals surface area contributed by atoms with Crippen molar-refractivity contribution in [3.8, 4) is 0 Å². The highest BCUT2D eigenvalue weighted by Gasteiger charge is 2.18. The molecule has 19 heavy (non-hydrogen) atoms. The van der Waals surface area contributed by atoms with Crippen LogP contribution in [0.1, 0.15) is 32.3 Å². The number of nitrogens with zero attached hydrogens (tertiary/aromatic N) is 1. The molecule has 3 nitrogen and oxygen atoms in total. The van der Waals surface area contributed by atoms with Crippen LogP contribution in [0.25, 0.3) is 0 Å². The van der Waals surface area contributed by atoms with Gasteiger partial charge in [-0.2, -0.15) is 0 Å². The van der Waals surface area contributed by atoms with Crippen molar-refractivity contribution in [3.05, 3.63) is 29.8 Å². The van der Waals surface area contributed by atoms with Gasteiger partial charge in [-0.05, 0) is 49.9 Å². The van der Waals surface area contributed by atoms with E-state index in [1.807, 2.05) is 18.2 Å². The second kappa shape index (κ2) is 6.71. The molecule has 1 aromatic rings. The van der Waals surface area contributed by atoms with Gasteiger partial charge in [0.25, 0.3) is 0 Å². The third-order valence-corrected chi connectivity index (χ3v) is 3.92. The van der Waals surface area contributed by atoms with E-state index in [2.05, 4.69) is 30.1 Å². The Balaban J connectivity index is 1.87. The smallest absolute Gasteiger partial charge is 0.238 e. The van der Waals surface area contributed by atoms with E-state index in [0.29, 0.717) is 6.54 Å². The lowest BCUT2D eigenvalue weighted by molar-refractivity contribution is -0.117. The van der Waals surface area contributed by atoms with Crippen LogP contribution in [-0.2, 0) is 11.2 Å². The molecule has 3 heteroatoms. The van der Waals surface area contributed by atoms with Gasteiger partial charge in [0, 0.05) is 5.69 Å². The van der Waals surface area contributed by atoms with Crippen LogP contribution in [0, 0.1) is 5.92 Å².